The highest BCUT2D eigenvalue weighted by molar-refractivity contribution is 7.08. The molecule has 0 aliphatic carbocycles. The zero-order chi connectivity index (χ0) is 14.8. The Labute approximate surface area is 124 Å². The van der Waals surface area contributed by atoms with Crippen molar-refractivity contribution in [3.05, 3.63) is 62.2 Å². The second kappa shape index (κ2) is 5.49. The van der Waals surface area contributed by atoms with Crippen LogP contribution in [0.5, 0.6) is 0 Å². The van der Waals surface area contributed by atoms with E-state index in [2.05, 4.69) is 15.5 Å². The lowest BCUT2D eigenvalue weighted by Gasteiger charge is -2.06. The third-order valence-corrected chi connectivity index (χ3v) is 4.22. The van der Waals surface area contributed by atoms with E-state index in [1.54, 1.807) is 35.6 Å². The van der Waals surface area contributed by atoms with Crippen molar-refractivity contribution in [1.82, 2.24) is 15.5 Å². The van der Waals surface area contributed by atoms with Crippen molar-refractivity contribution >= 4 is 28.0 Å². The lowest BCUT2D eigenvalue weighted by atomic mass is 10.1. The minimum atomic E-state index is -0.298. The predicted molar refractivity (Wildman–Crippen MR) is 82.6 cm³/mol. The number of benzene rings is 1. The van der Waals surface area contributed by atoms with Crippen molar-refractivity contribution in [2.45, 2.75) is 13.5 Å². The number of nitrogens with one attached hydrogen (secondary N) is 2. The maximum absolute atomic E-state index is 12.3. The summed E-state index contributed by atoms with van der Waals surface area (Å²) >= 11 is 1.60. The molecule has 6 heteroatoms. The van der Waals surface area contributed by atoms with Gasteiger partial charge >= 0.3 is 0 Å². The van der Waals surface area contributed by atoms with E-state index in [-0.39, 0.29) is 17.2 Å². The van der Waals surface area contributed by atoms with Crippen molar-refractivity contribution in [2.24, 2.45) is 0 Å². The van der Waals surface area contributed by atoms with Gasteiger partial charge in [-0.15, -0.1) is 0 Å². The number of H-pyrrole nitrogens is 1. The number of hydrogen-bond donors (Lipinski definition) is 2. The van der Waals surface area contributed by atoms with Gasteiger partial charge in [-0.05, 0) is 34.9 Å². The largest absolute Gasteiger partial charge is 0.347 e. The fourth-order valence-corrected chi connectivity index (χ4v) is 2.97. The molecule has 21 heavy (non-hydrogen) atoms. The molecule has 0 saturated carbocycles. The molecule has 3 rings (SSSR count). The SMILES string of the molecule is Cc1cscc1CNC(=O)c1n[nH]c(=O)c2ccccc12. The van der Waals surface area contributed by atoms with E-state index < -0.39 is 0 Å². The fourth-order valence-electron chi connectivity index (χ4n) is 2.11. The Kier molecular flexibility index (Phi) is 3.53. The highest BCUT2D eigenvalue weighted by Gasteiger charge is 2.13. The Hall–Kier alpha value is -2.47. The summed E-state index contributed by atoms with van der Waals surface area (Å²) in [5, 5.41) is 14.1. The minimum Gasteiger partial charge on any atom is -0.347 e. The van der Waals surface area contributed by atoms with Gasteiger partial charge in [0.2, 0.25) is 0 Å². The highest BCUT2D eigenvalue weighted by Crippen LogP contribution is 2.15. The first-order valence-corrected chi connectivity index (χ1v) is 7.38. The first-order valence-electron chi connectivity index (χ1n) is 6.44. The molecule has 0 saturated heterocycles. The van der Waals surface area contributed by atoms with Crippen LogP contribution in [0.25, 0.3) is 10.8 Å². The molecule has 0 fully saturated rings. The number of aromatic nitrogens is 2. The third-order valence-electron chi connectivity index (χ3n) is 3.31. The summed E-state index contributed by atoms with van der Waals surface area (Å²) in [6.45, 7) is 2.45. The summed E-state index contributed by atoms with van der Waals surface area (Å²) in [6, 6.07) is 6.94. The Morgan fingerprint density at radius 2 is 2.05 bits per heavy atom. The number of hydrogen-bond acceptors (Lipinski definition) is 4. The van der Waals surface area contributed by atoms with Gasteiger partial charge in [0.25, 0.3) is 11.5 Å². The number of carbonyl (C=O) groups is 1. The molecule has 3 aromatic rings. The molecule has 1 aromatic carbocycles. The zero-order valence-electron chi connectivity index (χ0n) is 11.3. The van der Waals surface area contributed by atoms with Crippen molar-refractivity contribution in [2.75, 3.05) is 0 Å². The molecule has 5 nitrogen and oxygen atoms in total. The quantitative estimate of drug-likeness (QED) is 0.778. The molecule has 0 aliphatic heterocycles. The van der Waals surface area contributed by atoms with Gasteiger partial charge in [0, 0.05) is 11.9 Å². The molecular weight excluding hydrogens is 286 g/mol. The number of amides is 1. The van der Waals surface area contributed by atoms with E-state index in [1.807, 2.05) is 17.7 Å². The first-order chi connectivity index (χ1) is 10.2. The molecule has 0 bridgehead atoms. The lowest BCUT2D eigenvalue weighted by molar-refractivity contribution is 0.0946. The van der Waals surface area contributed by atoms with E-state index in [4.69, 9.17) is 0 Å². The maximum atomic E-state index is 12.3. The van der Waals surface area contributed by atoms with Crippen LogP contribution in [0.15, 0.2) is 39.8 Å². The molecule has 2 heterocycles. The Balaban J connectivity index is 1.90. The maximum Gasteiger partial charge on any atom is 0.272 e. The van der Waals surface area contributed by atoms with E-state index >= 15 is 0 Å². The Morgan fingerprint density at radius 1 is 1.29 bits per heavy atom. The molecule has 0 aliphatic rings. The van der Waals surface area contributed by atoms with Crippen LogP contribution < -0.4 is 10.9 Å². The van der Waals surface area contributed by atoms with Crippen LogP contribution in [0.4, 0.5) is 0 Å². The molecule has 0 unspecified atom stereocenters. The van der Waals surface area contributed by atoms with Gasteiger partial charge in [-0.3, -0.25) is 9.59 Å². The monoisotopic (exact) mass is 299 g/mol. The number of fused-ring (bicyclic) bond motifs is 1. The summed E-state index contributed by atoms with van der Waals surface area (Å²) in [6.07, 6.45) is 0. The average molecular weight is 299 g/mol. The van der Waals surface area contributed by atoms with E-state index in [0.717, 1.165) is 11.1 Å². The molecule has 2 N–H and O–H groups in total. The minimum absolute atomic E-state index is 0.234. The van der Waals surface area contributed by atoms with Crippen LogP contribution >= 0.6 is 11.3 Å². The van der Waals surface area contributed by atoms with Crippen molar-refractivity contribution in [1.29, 1.82) is 0 Å². The second-order valence-electron chi connectivity index (χ2n) is 4.71. The second-order valence-corrected chi connectivity index (χ2v) is 5.45. The van der Waals surface area contributed by atoms with Gasteiger partial charge in [0.1, 0.15) is 0 Å². The third kappa shape index (κ3) is 2.57. The van der Waals surface area contributed by atoms with Crippen LogP contribution in [-0.2, 0) is 6.54 Å². The fraction of sp³-hybridized carbons (Fsp3) is 0.133. The van der Waals surface area contributed by atoms with Gasteiger partial charge in [-0.1, -0.05) is 18.2 Å². The van der Waals surface area contributed by atoms with E-state index in [0.29, 0.717) is 17.3 Å². The highest BCUT2D eigenvalue weighted by atomic mass is 32.1. The molecule has 2 aromatic heterocycles. The van der Waals surface area contributed by atoms with Gasteiger partial charge in [0.15, 0.2) is 5.69 Å². The van der Waals surface area contributed by atoms with Gasteiger partial charge in [-0.2, -0.15) is 16.4 Å². The standard InChI is InChI=1S/C15H13N3O2S/c1-9-7-21-8-10(9)6-16-15(20)13-11-4-2-3-5-12(11)14(19)18-17-13/h2-5,7-8H,6H2,1H3,(H,16,20)(H,18,19). The van der Waals surface area contributed by atoms with Gasteiger partial charge < -0.3 is 5.32 Å². The molecular formula is C15H13N3O2S. The zero-order valence-corrected chi connectivity index (χ0v) is 12.2. The molecule has 0 spiro atoms. The summed E-state index contributed by atoms with van der Waals surface area (Å²) in [5.41, 5.74) is 2.18. The van der Waals surface area contributed by atoms with Gasteiger partial charge in [0.05, 0.1) is 5.39 Å². The Bertz CT molecular complexity index is 866. The molecule has 0 atom stereocenters. The summed E-state index contributed by atoms with van der Waals surface area (Å²) in [5.74, 6) is -0.298. The average Bonchev–Trinajstić information content (AvgIpc) is 2.91. The first kappa shape index (κ1) is 13.5. The number of rotatable bonds is 3. The van der Waals surface area contributed by atoms with E-state index in [1.165, 1.54) is 0 Å². The van der Waals surface area contributed by atoms with Crippen molar-refractivity contribution in [3.8, 4) is 0 Å². The Morgan fingerprint density at radius 3 is 2.76 bits per heavy atom. The van der Waals surface area contributed by atoms with Crippen LogP contribution in [0.1, 0.15) is 21.6 Å². The van der Waals surface area contributed by atoms with Crippen LogP contribution in [-0.4, -0.2) is 16.1 Å². The number of aryl methyl sites for hydroxylation is 1. The summed E-state index contributed by atoms with van der Waals surface area (Å²) in [7, 11) is 0. The molecule has 0 radical (unpaired) electrons. The van der Waals surface area contributed by atoms with Crippen molar-refractivity contribution < 1.29 is 4.79 Å². The smallest absolute Gasteiger partial charge is 0.272 e. The molecule has 106 valence electrons. The molecule has 1 amide bonds. The summed E-state index contributed by atoms with van der Waals surface area (Å²) in [4.78, 5) is 24.0. The normalized spacial score (nSPS) is 10.7. The topological polar surface area (TPSA) is 74.8 Å². The van der Waals surface area contributed by atoms with Crippen LogP contribution in [0.3, 0.4) is 0 Å². The lowest BCUT2D eigenvalue weighted by Crippen LogP contribution is -2.26. The van der Waals surface area contributed by atoms with Gasteiger partial charge in [-0.25, -0.2) is 5.10 Å². The number of aromatic amines is 1. The van der Waals surface area contributed by atoms with E-state index in [9.17, 15) is 9.59 Å². The van der Waals surface area contributed by atoms with Crippen molar-refractivity contribution in [3.63, 3.8) is 0 Å². The number of thiophene rings is 1. The summed E-state index contributed by atoms with van der Waals surface area (Å²) < 4.78 is 0. The number of carbonyl (C=O) groups excluding carboxylic acids is 1. The van der Waals surface area contributed by atoms with Crippen LogP contribution in [0.2, 0.25) is 0 Å². The van der Waals surface area contributed by atoms with Crippen LogP contribution in [0, 0.1) is 6.92 Å². The number of nitrogens with zero attached hydrogens (tertiary/aromatic N) is 1. The predicted octanol–water partition coefficient (Wildman–Crippen LogP) is 2.22.